The molecular weight excluding hydrogens is 378 g/mol. The van der Waals surface area contributed by atoms with E-state index < -0.39 is 0 Å². The summed E-state index contributed by atoms with van der Waals surface area (Å²) in [7, 11) is 0. The molecule has 0 saturated heterocycles. The van der Waals surface area contributed by atoms with Crippen molar-refractivity contribution in [3.63, 3.8) is 0 Å². The van der Waals surface area contributed by atoms with Crippen molar-refractivity contribution in [3.8, 4) is 11.4 Å². The van der Waals surface area contributed by atoms with Gasteiger partial charge < -0.3 is 14.2 Å². The Hall–Kier alpha value is -3.12. The number of esters is 1. The number of aryl methyl sites for hydroxylation is 1. The number of aromatic nitrogens is 3. The van der Waals surface area contributed by atoms with E-state index in [0.29, 0.717) is 29.3 Å². The minimum absolute atomic E-state index is 0.0522. The van der Waals surface area contributed by atoms with Gasteiger partial charge in [0.1, 0.15) is 0 Å². The topological polar surface area (TPSA) is 81.0 Å². The van der Waals surface area contributed by atoms with E-state index in [-0.39, 0.29) is 18.5 Å². The molecule has 0 amide bonds. The first kappa shape index (κ1) is 18.3. The van der Waals surface area contributed by atoms with Crippen molar-refractivity contribution in [3.05, 3.63) is 71.2 Å². The molecule has 142 valence electrons. The lowest BCUT2D eigenvalue weighted by Gasteiger charge is -2.02. The lowest BCUT2D eigenvalue weighted by atomic mass is 10.1. The van der Waals surface area contributed by atoms with Gasteiger partial charge in [0.25, 0.3) is 5.89 Å². The second-order valence-electron chi connectivity index (χ2n) is 6.37. The van der Waals surface area contributed by atoms with E-state index in [0.717, 1.165) is 11.9 Å². The number of nitrogens with one attached hydrogen (secondary N) is 1. The van der Waals surface area contributed by atoms with Crippen LogP contribution in [-0.4, -0.2) is 21.1 Å². The number of hydrogen-bond donors (Lipinski definition) is 1. The Morgan fingerprint density at radius 3 is 2.86 bits per heavy atom. The minimum atomic E-state index is -0.294. The molecule has 0 bridgehead atoms. The van der Waals surface area contributed by atoms with Crippen LogP contribution in [0.15, 0.2) is 59.3 Å². The number of benzene rings is 2. The van der Waals surface area contributed by atoms with E-state index in [4.69, 9.17) is 20.9 Å². The van der Waals surface area contributed by atoms with Crippen LogP contribution in [-0.2, 0) is 22.6 Å². The Bertz CT molecular complexity index is 1100. The van der Waals surface area contributed by atoms with E-state index in [1.165, 1.54) is 10.9 Å². The van der Waals surface area contributed by atoms with Gasteiger partial charge in [-0.2, -0.15) is 4.98 Å². The zero-order chi connectivity index (χ0) is 19.3. The predicted molar refractivity (Wildman–Crippen MR) is 106 cm³/mol. The molecule has 2 aromatic heterocycles. The summed E-state index contributed by atoms with van der Waals surface area (Å²) in [5, 5.41) is 5.61. The van der Waals surface area contributed by atoms with Gasteiger partial charge in [0.2, 0.25) is 5.82 Å². The van der Waals surface area contributed by atoms with E-state index in [1.54, 1.807) is 12.1 Å². The largest absolute Gasteiger partial charge is 0.456 e. The Morgan fingerprint density at radius 1 is 1.14 bits per heavy atom. The first-order valence-electron chi connectivity index (χ1n) is 8.99. The summed E-state index contributed by atoms with van der Waals surface area (Å²) in [6, 6.07) is 15.3. The molecular formula is C21H18ClN3O3. The highest BCUT2D eigenvalue weighted by Crippen LogP contribution is 2.25. The second kappa shape index (κ2) is 8.27. The standard InChI is InChI=1S/C21H18ClN3O3/c22-17-9-3-1-8-16(17)21-24-19(28-25-21)13-27-20(26)11-5-6-14-12-23-18-10-4-2-7-15(14)18/h1-4,7-10,12,23H,5-6,11,13H2. The Morgan fingerprint density at radius 2 is 1.96 bits per heavy atom. The summed E-state index contributed by atoms with van der Waals surface area (Å²) < 4.78 is 10.4. The van der Waals surface area contributed by atoms with Crippen LogP contribution in [0.4, 0.5) is 0 Å². The number of carbonyl (C=O) groups is 1. The Balaban J connectivity index is 1.26. The van der Waals surface area contributed by atoms with Gasteiger partial charge in [0.05, 0.1) is 5.02 Å². The van der Waals surface area contributed by atoms with E-state index >= 15 is 0 Å². The third kappa shape index (κ3) is 4.07. The lowest BCUT2D eigenvalue weighted by molar-refractivity contribution is -0.145. The SMILES string of the molecule is O=C(CCCc1c[nH]c2ccccc12)OCc1nc(-c2ccccc2Cl)no1. The summed E-state index contributed by atoms with van der Waals surface area (Å²) >= 11 is 6.12. The molecule has 6 nitrogen and oxygen atoms in total. The van der Waals surface area contributed by atoms with Gasteiger partial charge in [0, 0.05) is 29.1 Å². The number of rotatable bonds is 7. The van der Waals surface area contributed by atoms with E-state index in [2.05, 4.69) is 21.2 Å². The number of ether oxygens (including phenoxy) is 1. The van der Waals surface area contributed by atoms with Crippen molar-refractivity contribution in [2.75, 3.05) is 0 Å². The zero-order valence-corrected chi connectivity index (χ0v) is 15.8. The van der Waals surface area contributed by atoms with Crippen molar-refractivity contribution in [1.29, 1.82) is 0 Å². The zero-order valence-electron chi connectivity index (χ0n) is 15.0. The van der Waals surface area contributed by atoms with Crippen LogP contribution in [0.5, 0.6) is 0 Å². The summed E-state index contributed by atoms with van der Waals surface area (Å²) in [6.07, 6.45) is 3.82. The lowest BCUT2D eigenvalue weighted by Crippen LogP contribution is -2.05. The number of halogens is 1. The van der Waals surface area contributed by atoms with E-state index in [9.17, 15) is 4.79 Å². The number of para-hydroxylation sites is 1. The third-order valence-electron chi connectivity index (χ3n) is 4.44. The first-order chi connectivity index (χ1) is 13.7. The molecule has 2 aromatic carbocycles. The average Bonchev–Trinajstić information content (AvgIpc) is 3.34. The third-order valence-corrected chi connectivity index (χ3v) is 4.77. The molecule has 28 heavy (non-hydrogen) atoms. The smallest absolute Gasteiger partial charge is 0.306 e. The van der Waals surface area contributed by atoms with Gasteiger partial charge in [-0.1, -0.05) is 47.1 Å². The molecule has 4 aromatic rings. The molecule has 1 N–H and O–H groups in total. The van der Waals surface area contributed by atoms with Crippen molar-refractivity contribution in [2.24, 2.45) is 0 Å². The normalized spacial score (nSPS) is 11.0. The van der Waals surface area contributed by atoms with Crippen molar-refractivity contribution < 1.29 is 14.1 Å². The number of fused-ring (bicyclic) bond motifs is 1. The molecule has 7 heteroatoms. The average molecular weight is 396 g/mol. The molecule has 0 aliphatic heterocycles. The molecule has 0 fully saturated rings. The number of aromatic amines is 1. The highest BCUT2D eigenvalue weighted by atomic mass is 35.5. The number of carbonyl (C=O) groups excluding carboxylic acids is 1. The maximum Gasteiger partial charge on any atom is 0.306 e. The van der Waals surface area contributed by atoms with Gasteiger partial charge >= 0.3 is 5.97 Å². The fourth-order valence-electron chi connectivity index (χ4n) is 3.04. The molecule has 0 saturated carbocycles. The van der Waals surface area contributed by atoms with Gasteiger partial charge in [-0.25, -0.2) is 0 Å². The number of H-pyrrole nitrogens is 1. The van der Waals surface area contributed by atoms with Crippen molar-refractivity contribution >= 4 is 28.5 Å². The fourth-order valence-corrected chi connectivity index (χ4v) is 3.26. The highest BCUT2D eigenvalue weighted by Gasteiger charge is 2.13. The maximum atomic E-state index is 12.0. The summed E-state index contributed by atoms with van der Waals surface area (Å²) in [4.78, 5) is 19.5. The maximum absolute atomic E-state index is 12.0. The van der Waals surface area contributed by atoms with Crippen LogP contribution in [0, 0.1) is 0 Å². The molecule has 2 heterocycles. The Kier molecular flexibility index (Phi) is 5.39. The Labute approximate surface area is 166 Å². The molecule has 0 unspecified atom stereocenters. The summed E-state index contributed by atoms with van der Waals surface area (Å²) in [6.45, 7) is -0.0522. The van der Waals surface area contributed by atoms with Crippen LogP contribution in [0.3, 0.4) is 0 Å². The van der Waals surface area contributed by atoms with Gasteiger partial charge in [-0.3, -0.25) is 4.79 Å². The summed E-state index contributed by atoms with van der Waals surface area (Å²) in [5.41, 5.74) is 2.97. The fraction of sp³-hybridized carbons (Fsp3) is 0.190. The van der Waals surface area contributed by atoms with Crippen LogP contribution in [0.2, 0.25) is 5.02 Å². The second-order valence-corrected chi connectivity index (χ2v) is 6.77. The van der Waals surface area contributed by atoms with Crippen LogP contribution >= 0.6 is 11.6 Å². The van der Waals surface area contributed by atoms with Crippen molar-refractivity contribution in [1.82, 2.24) is 15.1 Å². The van der Waals surface area contributed by atoms with Crippen LogP contribution in [0.1, 0.15) is 24.3 Å². The van der Waals surface area contributed by atoms with Crippen LogP contribution < -0.4 is 0 Å². The quantitative estimate of drug-likeness (QED) is 0.448. The highest BCUT2D eigenvalue weighted by molar-refractivity contribution is 6.33. The minimum Gasteiger partial charge on any atom is -0.456 e. The molecule has 0 spiro atoms. The van der Waals surface area contributed by atoms with E-state index in [1.807, 2.05) is 36.5 Å². The number of nitrogens with zero attached hydrogens (tertiary/aromatic N) is 2. The monoisotopic (exact) mass is 395 g/mol. The molecule has 0 aliphatic rings. The first-order valence-corrected chi connectivity index (χ1v) is 9.36. The molecule has 0 atom stereocenters. The van der Waals surface area contributed by atoms with Gasteiger partial charge in [-0.15, -0.1) is 0 Å². The van der Waals surface area contributed by atoms with Gasteiger partial charge in [-0.05, 0) is 36.6 Å². The number of hydrogen-bond acceptors (Lipinski definition) is 5. The predicted octanol–water partition coefficient (Wildman–Crippen LogP) is 4.94. The van der Waals surface area contributed by atoms with Crippen LogP contribution in [0.25, 0.3) is 22.3 Å². The molecule has 0 aliphatic carbocycles. The summed E-state index contributed by atoms with van der Waals surface area (Å²) in [5.74, 6) is 0.313. The van der Waals surface area contributed by atoms with Gasteiger partial charge in [0.15, 0.2) is 6.61 Å². The molecule has 0 radical (unpaired) electrons. The molecule has 4 rings (SSSR count). The van der Waals surface area contributed by atoms with Crippen molar-refractivity contribution in [2.45, 2.75) is 25.9 Å².